The molecule has 1 aliphatic rings. The van der Waals surface area contributed by atoms with Crippen molar-refractivity contribution < 1.29 is 18.3 Å². The number of halogens is 2. The van der Waals surface area contributed by atoms with E-state index in [2.05, 4.69) is 21.2 Å². The van der Waals surface area contributed by atoms with Gasteiger partial charge in [-0.05, 0) is 60.3 Å². The molecule has 2 heterocycles. The Balaban J connectivity index is 1.83. The number of nitrogens with one attached hydrogen (secondary N) is 1. The van der Waals surface area contributed by atoms with E-state index in [1.54, 1.807) is 26.0 Å². The number of carbonyl (C=O) groups excluding carboxylic acids is 1. The first kappa shape index (κ1) is 18.1. The summed E-state index contributed by atoms with van der Waals surface area (Å²) in [5, 5.41) is 3.02. The summed E-state index contributed by atoms with van der Waals surface area (Å²) in [5.41, 5.74) is 1.09. The Hall–Kier alpha value is -1.66. The van der Waals surface area contributed by atoms with Gasteiger partial charge in [0.05, 0.1) is 10.0 Å². The Morgan fingerprint density at radius 3 is 2.60 bits per heavy atom. The van der Waals surface area contributed by atoms with Gasteiger partial charge in [-0.1, -0.05) is 12.1 Å². The summed E-state index contributed by atoms with van der Waals surface area (Å²) in [7, 11) is 0. The molecule has 0 radical (unpaired) electrons. The molecule has 1 aromatic heterocycles. The molecule has 0 aliphatic carbocycles. The van der Waals surface area contributed by atoms with E-state index in [4.69, 9.17) is 9.15 Å². The highest BCUT2D eigenvalue weighted by Crippen LogP contribution is 2.35. The average molecular weight is 410 g/mol. The molecule has 1 aromatic carbocycles. The zero-order chi connectivity index (χ0) is 18.0. The van der Waals surface area contributed by atoms with Crippen molar-refractivity contribution in [1.82, 2.24) is 5.32 Å². The van der Waals surface area contributed by atoms with E-state index in [0.717, 1.165) is 18.4 Å². The summed E-state index contributed by atoms with van der Waals surface area (Å²) in [6, 6.07) is 6.62. The molecule has 6 heteroatoms. The highest BCUT2D eigenvalue weighted by atomic mass is 79.9. The third kappa shape index (κ3) is 3.65. The summed E-state index contributed by atoms with van der Waals surface area (Å²) in [6.07, 6.45) is 1.47. The molecule has 0 atom stereocenters. The minimum absolute atomic E-state index is 0.191. The third-order valence-electron chi connectivity index (χ3n) is 4.89. The summed E-state index contributed by atoms with van der Waals surface area (Å²) >= 11 is 3.41. The van der Waals surface area contributed by atoms with Crippen LogP contribution in [0.25, 0.3) is 0 Å². The number of hydrogen-bond acceptors (Lipinski definition) is 3. The van der Waals surface area contributed by atoms with Crippen LogP contribution in [0.5, 0.6) is 0 Å². The van der Waals surface area contributed by atoms with Crippen LogP contribution in [-0.2, 0) is 10.2 Å². The largest absolute Gasteiger partial charge is 0.465 e. The van der Waals surface area contributed by atoms with E-state index in [-0.39, 0.29) is 17.1 Å². The van der Waals surface area contributed by atoms with E-state index in [1.165, 1.54) is 6.07 Å². The monoisotopic (exact) mass is 409 g/mol. The smallest absolute Gasteiger partial charge is 0.256 e. The average Bonchev–Trinajstić information content (AvgIpc) is 2.86. The van der Waals surface area contributed by atoms with Crippen LogP contribution in [0.3, 0.4) is 0 Å². The molecule has 1 aliphatic heterocycles. The number of rotatable bonds is 4. The van der Waals surface area contributed by atoms with Crippen molar-refractivity contribution >= 4 is 21.8 Å². The van der Waals surface area contributed by atoms with Crippen LogP contribution in [-0.4, -0.2) is 25.7 Å². The first-order valence-electron chi connectivity index (χ1n) is 8.30. The Kier molecular flexibility index (Phi) is 5.29. The molecular weight excluding hydrogens is 389 g/mol. The molecule has 134 valence electrons. The SMILES string of the molecule is Cc1oc(C)c(C(=O)NCC2(c3cccc(F)c3)CCOCC2)c1Br. The van der Waals surface area contributed by atoms with Gasteiger partial charge < -0.3 is 14.5 Å². The van der Waals surface area contributed by atoms with Gasteiger partial charge in [-0.2, -0.15) is 0 Å². The van der Waals surface area contributed by atoms with Gasteiger partial charge >= 0.3 is 0 Å². The second-order valence-electron chi connectivity index (χ2n) is 6.49. The Labute approximate surface area is 154 Å². The fourth-order valence-electron chi connectivity index (χ4n) is 3.40. The van der Waals surface area contributed by atoms with Crippen LogP contribution >= 0.6 is 15.9 Å². The van der Waals surface area contributed by atoms with Gasteiger partial charge in [0.15, 0.2) is 0 Å². The highest BCUT2D eigenvalue weighted by Gasteiger charge is 2.35. The number of aryl methyl sites for hydroxylation is 2. The van der Waals surface area contributed by atoms with Gasteiger partial charge in [-0.3, -0.25) is 4.79 Å². The number of furan rings is 1. The quantitative estimate of drug-likeness (QED) is 0.819. The van der Waals surface area contributed by atoms with Crippen LogP contribution in [0.1, 0.15) is 40.3 Å². The fourth-order valence-corrected chi connectivity index (χ4v) is 3.94. The first-order valence-corrected chi connectivity index (χ1v) is 9.10. The summed E-state index contributed by atoms with van der Waals surface area (Å²) in [4.78, 5) is 12.7. The summed E-state index contributed by atoms with van der Waals surface area (Å²) < 4.78 is 25.4. The summed E-state index contributed by atoms with van der Waals surface area (Å²) in [5.74, 6) is 0.796. The second-order valence-corrected chi connectivity index (χ2v) is 7.28. The van der Waals surface area contributed by atoms with Crippen LogP contribution in [0.4, 0.5) is 4.39 Å². The molecule has 1 fully saturated rings. The zero-order valence-electron chi connectivity index (χ0n) is 14.3. The molecule has 1 saturated heterocycles. The molecular formula is C19H21BrFNO3. The van der Waals surface area contributed by atoms with Crippen molar-refractivity contribution in [3.8, 4) is 0 Å². The van der Waals surface area contributed by atoms with Crippen LogP contribution in [0.2, 0.25) is 0 Å². The number of ether oxygens (including phenoxy) is 1. The van der Waals surface area contributed by atoms with Crippen LogP contribution < -0.4 is 5.32 Å². The summed E-state index contributed by atoms with van der Waals surface area (Å²) in [6.45, 7) is 5.19. The standard InChI is InChI=1S/C19H21BrFNO3/c1-12-16(17(20)13(2)25-12)18(23)22-11-19(6-8-24-9-7-19)14-4-3-5-15(21)10-14/h3-5,10H,6-9,11H2,1-2H3,(H,22,23). The highest BCUT2D eigenvalue weighted by molar-refractivity contribution is 9.10. The zero-order valence-corrected chi connectivity index (χ0v) is 15.9. The van der Waals surface area contributed by atoms with E-state index in [9.17, 15) is 9.18 Å². The molecule has 0 bridgehead atoms. The van der Waals surface area contributed by atoms with E-state index < -0.39 is 0 Å². The van der Waals surface area contributed by atoms with E-state index >= 15 is 0 Å². The number of hydrogen-bond donors (Lipinski definition) is 1. The van der Waals surface area contributed by atoms with Gasteiger partial charge in [-0.15, -0.1) is 0 Å². The lowest BCUT2D eigenvalue weighted by Gasteiger charge is -2.38. The van der Waals surface area contributed by atoms with Crippen molar-refractivity contribution in [2.45, 2.75) is 32.1 Å². The van der Waals surface area contributed by atoms with Crippen molar-refractivity contribution in [3.05, 3.63) is 57.2 Å². The fraction of sp³-hybridized carbons (Fsp3) is 0.421. The van der Waals surface area contributed by atoms with Crippen molar-refractivity contribution in [1.29, 1.82) is 0 Å². The molecule has 0 unspecified atom stereocenters. The maximum absolute atomic E-state index is 13.7. The van der Waals surface area contributed by atoms with Crippen LogP contribution in [0.15, 0.2) is 33.2 Å². The minimum atomic E-state index is -0.324. The van der Waals surface area contributed by atoms with E-state index in [0.29, 0.717) is 41.3 Å². The molecule has 0 spiro atoms. The minimum Gasteiger partial charge on any atom is -0.465 e. The molecule has 0 saturated carbocycles. The Morgan fingerprint density at radius 2 is 2.00 bits per heavy atom. The van der Waals surface area contributed by atoms with Crippen LogP contribution in [0, 0.1) is 19.7 Å². The molecule has 1 amide bonds. The lowest BCUT2D eigenvalue weighted by Crippen LogP contribution is -2.44. The van der Waals surface area contributed by atoms with Gasteiger partial charge in [0.25, 0.3) is 5.91 Å². The maximum Gasteiger partial charge on any atom is 0.256 e. The predicted octanol–water partition coefficient (Wildman–Crippen LogP) is 4.28. The normalized spacial score (nSPS) is 16.6. The maximum atomic E-state index is 13.7. The molecule has 1 N–H and O–H groups in total. The van der Waals surface area contributed by atoms with Gasteiger partial charge in [0.1, 0.15) is 17.3 Å². The first-order chi connectivity index (χ1) is 11.9. The van der Waals surface area contributed by atoms with Gasteiger partial charge in [0.2, 0.25) is 0 Å². The number of benzene rings is 1. The van der Waals surface area contributed by atoms with Gasteiger partial charge in [-0.25, -0.2) is 4.39 Å². The molecule has 4 nitrogen and oxygen atoms in total. The molecule has 3 rings (SSSR count). The van der Waals surface area contributed by atoms with Gasteiger partial charge in [0, 0.05) is 25.2 Å². The predicted molar refractivity (Wildman–Crippen MR) is 96.3 cm³/mol. The third-order valence-corrected chi connectivity index (χ3v) is 5.84. The number of carbonyl (C=O) groups is 1. The Bertz CT molecular complexity index is 781. The lowest BCUT2D eigenvalue weighted by molar-refractivity contribution is 0.0486. The second kappa shape index (κ2) is 7.30. The lowest BCUT2D eigenvalue weighted by atomic mass is 9.74. The van der Waals surface area contributed by atoms with Crippen molar-refractivity contribution in [3.63, 3.8) is 0 Å². The topological polar surface area (TPSA) is 51.5 Å². The van der Waals surface area contributed by atoms with E-state index in [1.807, 2.05) is 6.07 Å². The number of amides is 1. The van der Waals surface area contributed by atoms with Crippen molar-refractivity contribution in [2.24, 2.45) is 0 Å². The Morgan fingerprint density at radius 1 is 1.28 bits per heavy atom. The molecule has 25 heavy (non-hydrogen) atoms. The molecule has 2 aromatic rings. The van der Waals surface area contributed by atoms with Crippen molar-refractivity contribution in [2.75, 3.05) is 19.8 Å².